The monoisotopic (exact) mass is 301 g/mol. The quantitative estimate of drug-likeness (QED) is 0.544. The molecule has 0 saturated heterocycles. The molecule has 1 rings (SSSR count). The van der Waals surface area contributed by atoms with Crippen LogP contribution in [0.2, 0.25) is 0 Å². The lowest BCUT2D eigenvalue weighted by molar-refractivity contribution is 0.0215. The average molecular weight is 301 g/mol. The van der Waals surface area contributed by atoms with Gasteiger partial charge in [0.15, 0.2) is 0 Å². The van der Waals surface area contributed by atoms with Crippen LogP contribution in [0.4, 0.5) is 0 Å². The summed E-state index contributed by atoms with van der Waals surface area (Å²) in [6.07, 6.45) is 8.73. The maximum Gasteiger partial charge on any atom is 0.0897 e. The van der Waals surface area contributed by atoms with Crippen LogP contribution in [0.3, 0.4) is 0 Å². The minimum absolute atomic E-state index is 0.418. The molecule has 1 aliphatic rings. The summed E-state index contributed by atoms with van der Waals surface area (Å²) in [5.41, 5.74) is 0. The van der Waals surface area contributed by atoms with E-state index >= 15 is 0 Å². The summed E-state index contributed by atoms with van der Waals surface area (Å²) in [5, 5.41) is 13.0. The molecular formula is C17H35NO3. The Labute approximate surface area is 130 Å². The van der Waals surface area contributed by atoms with Gasteiger partial charge in [0.1, 0.15) is 0 Å². The number of rotatable bonds is 12. The fourth-order valence-corrected chi connectivity index (χ4v) is 2.67. The van der Waals surface area contributed by atoms with Gasteiger partial charge >= 0.3 is 0 Å². The summed E-state index contributed by atoms with van der Waals surface area (Å²) in [5.74, 6) is 0.726. The maximum atomic E-state index is 9.78. The Bertz CT molecular complexity index is 230. The van der Waals surface area contributed by atoms with Crippen molar-refractivity contribution in [2.45, 2.75) is 71.0 Å². The van der Waals surface area contributed by atoms with Crippen LogP contribution in [-0.2, 0) is 9.47 Å². The van der Waals surface area contributed by atoms with Crippen LogP contribution in [-0.4, -0.2) is 50.2 Å². The number of hydrogen-bond donors (Lipinski definition) is 2. The first-order valence-corrected chi connectivity index (χ1v) is 8.76. The first-order valence-electron chi connectivity index (χ1n) is 8.76. The third-order valence-electron chi connectivity index (χ3n) is 3.94. The van der Waals surface area contributed by atoms with Gasteiger partial charge in [0.25, 0.3) is 0 Å². The van der Waals surface area contributed by atoms with Crippen LogP contribution in [0.25, 0.3) is 0 Å². The molecule has 1 atom stereocenters. The summed E-state index contributed by atoms with van der Waals surface area (Å²) in [6.45, 7) is 7.74. The van der Waals surface area contributed by atoms with Crippen molar-refractivity contribution in [2.24, 2.45) is 5.92 Å². The normalized spacial score (nSPS) is 18.3. The molecule has 0 aliphatic heterocycles. The maximum absolute atomic E-state index is 9.78. The molecule has 4 heteroatoms. The smallest absolute Gasteiger partial charge is 0.0897 e. The molecule has 1 unspecified atom stereocenters. The standard InChI is InChI=1S/C17H35NO3/c1-15(2)7-6-11-20-14-16(19)13-18-10-12-21-17-8-4-3-5-9-17/h15-19H,3-14H2,1-2H3. The molecule has 0 heterocycles. The van der Waals surface area contributed by atoms with Gasteiger partial charge in [0.2, 0.25) is 0 Å². The van der Waals surface area contributed by atoms with E-state index in [4.69, 9.17) is 9.47 Å². The highest BCUT2D eigenvalue weighted by molar-refractivity contribution is 4.65. The van der Waals surface area contributed by atoms with Crippen molar-refractivity contribution in [1.82, 2.24) is 5.32 Å². The van der Waals surface area contributed by atoms with Crippen LogP contribution in [0, 0.1) is 5.92 Å². The molecule has 21 heavy (non-hydrogen) atoms. The Hall–Kier alpha value is -0.160. The lowest BCUT2D eigenvalue weighted by Crippen LogP contribution is -2.33. The van der Waals surface area contributed by atoms with E-state index in [1.165, 1.54) is 38.5 Å². The Kier molecular flexibility index (Phi) is 11.1. The number of hydrogen-bond acceptors (Lipinski definition) is 4. The van der Waals surface area contributed by atoms with Crippen molar-refractivity contribution in [1.29, 1.82) is 0 Å². The zero-order valence-electron chi connectivity index (χ0n) is 14.0. The number of aliphatic hydroxyl groups is 1. The van der Waals surface area contributed by atoms with Gasteiger partial charge in [-0.25, -0.2) is 0 Å². The van der Waals surface area contributed by atoms with Crippen LogP contribution in [0.15, 0.2) is 0 Å². The second-order valence-electron chi connectivity index (χ2n) is 6.60. The van der Waals surface area contributed by atoms with Crippen LogP contribution in [0.1, 0.15) is 58.8 Å². The van der Waals surface area contributed by atoms with Gasteiger partial charge in [0, 0.05) is 19.7 Å². The third kappa shape index (κ3) is 11.1. The molecule has 0 spiro atoms. The summed E-state index contributed by atoms with van der Waals surface area (Å²) in [4.78, 5) is 0. The van der Waals surface area contributed by atoms with E-state index in [1.54, 1.807) is 0 Å². The van der Waals surface area contributed by atoms with Crippen LogP contribution in [0.5, 0.6) is 0 Å². The minimum atomic E-state index is -0.418. The van der Waals surface area contributed by atoms with Gasteiger partial charge in [-0.1, -0.05) is 33.1 Å². The van der Waals surface area contributed by atoms with E-state index in [0.29, 0.717) is 19.3 Å². The molecule has 0 bridgehead atoms. The van der Waals surface area contributed by atoms with E-state index in [1.807, 2.05) is 0 Å². The Morgan fingerprint density at radius 2 is 1.90 bits per heavy atom. The second kappa shape index (κ2) is 12.4. The fraction of sp³-hybridized carbons (Fsp3) is 1.00. The molecule has 1 saturated carbocycles. The molecule has 1 aliphatic carbocycles. The van der Waals surface area contributed by atoms with Crippen molar-refractivity contribution >= 4 is 0 Å². The molecular weight excluding hydrogens is 266 g/mol. The third-order valence-corrected chi connectivity index (χ3v) is 3.94. The first kappa shape index (κ1) is 18.9. The minimum Gasteiger partial charge on any atom is -0.389 e. The highest BCUT2D eigenvalue weighted by Gasteiger charge is 2.13. The second-order valence-corrected chi connectivity index (χ2v) is 6.60. The van der Waals surface area contributed by atoms with Gasteiger partial charge in [-0.15, -0.1) is 0 Å². The molecule has 0 aromatic heterocycles. The Morgan fingerprint density at radius 1 is 1.14 bits per heavy atom. The van der Waals surface area contributed by atoms with Gasteiger partial charge in [-0.05, 0) is 31.6 Å². The lowest BCUT2D eigenvalue weighted by atomic mass is 9.98. The highest BCUT2D eigenvalue weighted by Crippen LogP contribution is 2.19. The topological polar surface area (TPSA) is 50.7 Å². The number of nitrogens with one attached hydrogen (secondary N) is 1. The molecule has 1 fully saturated rings. The molecule has 126 valence electrons. The Morgan fingerprint density at radius 3 is 2.62 bits per heavy atom. The van der Waals surface area contributed by atoms with E-state index in [-0.39, 0.29) is 0 Å². The molecule has 0 aromatic carbocycles. The summed E-state index contributed by atoms with van der Waals surface area (Å²) in [7, 11) is 0. The van der Waals surface area contributed by atoms with Crippen LogP contribution < -0.4 is 5.32 Å². The van der Waals surface area contributed by atoms with Crippen molar-refractivity contribution in [3.63, 3.8) is 0 Å². The summed E-state index contributed by atoms with van der Waals surface area (Å²) >= 11 is 0. The predicted molar refractivity (Wildman–Crippen MR) is 86.6 cm³/mol. The number of ether oxygens (including phenoxy) is 2. The van der Waals surface area contributed by atoms with E-state index in [2.05, 4.69) is 19.2 Å². The fourth-order valence-electron chi connectivity index (χ4n) is 2.67. The first-order chi connectivity index (χ1) is 10.2. The van der Waals surface area contributed by atoms with Crippen molar-refractivity contribution in [2.75, 3.05) is 32.9 Å². The Balaban J connectivity index is 1.83. The lowest BCUT2D eigenvalue weighted by Gasteiger charge is -2.22. The van der Waals surface area contributed by atoms with Crippen molar-refractivity contribution < 1.29 is 14.6 Å². The molecule has 0 amide bonds. The number of aliphatic hydroxyl groups excluding tert-OH is 1. The largest absolute Gasteiger partial charge is 0.389 e. The SMILES string of the molecule is CC(C)CCCOCC(O)CNCCOC1CCCCC1. The van der Waals surface area contributed by atoms with Crippen LogP contribution >= 0.6 is 0 Å². The highest BCUT2D eigenvalue weighted by atomic mass is 16.5. The average Bonchev–Trinajstić information content (AvgIpc) is 2.47. The zero-order valence-corrected chi connectivity index (χ0v) is 14.0. The van der Waals surface area contributed by atoms with E-state index in [0.717, 1.165) is 32.1 Å². The van der Waals surface area contributed by atoms with Crippen molar-refractivity contribution in [3.05, 3.63) is 0 Å². The van der Waals surface area contributed by atoms with Crippen molar-refractivity contribution in [3.8, 4) is 0 Å². The van der Waals surface area contributed by atoms with Gasteiger partial charge in [-0.2, -0.15) is 0 Å². The molecule has 4 nitrogen and oxygen atoms in total. The zero-order chi connectivity index (χ0) is 15.3. The summed E-state index contributed by atoms with van der Waals surface area (Å²) < 4.78 is 11.3. The van der Waals surface area contributed by atoms with Gasteiger partial charge in [0.05, 0.1) is 25.4 Å². The molecule has 2 N–H and O–H groups in total. The predicted octanol–water partition coefficient (Wildman–Crippen LogP) is 2.74. The summed E-state index contributed by atoms with van der Waals surface area (Å²) in [6, 6.07) is 0. The van der Waals surface area contributed by atoms with E-state index < -0.39 is 6.10 Å². The molecule has 0 aromatic rings. The van der Waals surface area contributed by atoms with Gasteiger partial charge < -0.3 is 19.9 Å². The van der Waals surface area contributed by atoms with Gasteiger partial charge in [-0.3, -0.25) is 0 Å². The van der Waals surface area contributed by atoms with E-state index in [9.17, 15) is 5.11 Å². The molecule has 0 radical (unpaired) electrons.